The van der Waals surface area contributed by atoms with Crippen LogP contribution in [0.3, 0.4) is 0 Å². The van der Waals surface area contributed by atoms with Gasteiger partial charge in [0.2, 0.25) is 15.9 Å². The Hall–Kier alpha value is -2.66. The Morgan fingerprint density at radius 2 is 1.91 bits per heavy atom. The number of benzene rings is 1. The zero-order chi connectivity index (χ0) is 23.6. The Morgan fingerprint density at radius 3 is 2.64 bits per heavy atom. The summed E-state index contributed by atoms with van der Waals surface area (Å²) >= 11 is 0. The van der Waals surface area contributed by atoms with Crippen molar-refractivity contribution in [1.82, 2.24) is 9.21 Å². The van der Waals surface area contributed by atoms with Crippen molar-refractivity contribution in [3.63, 3.8) is 0 Å². The molecule has 33 heavy (non-hydrogen) atoms. The van der Waals surface area contributed by atoms with E-state index in [2.05, 4.69) is 5.32 Å². The molecule has 1 atom stereocenters. The summed E-state index contributed by atoms with van der Waals surface area (Å²) in [4.78, 5) is 38.5. The maximum Gasteiger partial charge on any atom is 0.310 e. The van der Waals surface area contributed by atoms with E-state index >= 15 is 0 Å². The van der Waals surface area contributed by atoms with E-state index in [-0.39, 0.29) is 54.2 Å². The fourth-order valence-electron chi connectivity index (χ4n) is 4.60. The fourth-order valence-corrected chi connectivity index (χ4v) is 6.10. The van der Waals surface area contributed by atoms with Crippen LogP contribution in [-0.2, 0) is 29.1 Å². The average Bonchev–Trinajstić information content (AvgIpc) is 2.83. The number of esters is 1. The van der Waals surface area contributed by atoms with Crippen LogP contribution in [0, 0.1) is 11.8 Å². The van der Waals surface area contributed by atoms with Gasteiger partial charge in [-0.1, -0.05) is 0 Å². The first-order chi connectivity index (χ1) is 15.8. The molecule has 10 nitrogen and oxygen atoms in total. The standard InChI is InChI=1S/C22H29N3O7S/c1-2-31-22(28)16-4-3-9-24(13-16)21(27)15-7-10-25(11-8-15)33(29,30)17-5-6-19-18(12-17)23-20(26)14-32-19/h5-6,12,15-16H,2-4,7-11,13-14H2,1H3,(H,23,26). The molecule has 4 rings (SSSR count). The number of carbonyl (C=O) groups excluding carboxylic acids is 3. The summed E-state index contributed by atoms with van der Waals surface area (Å²) < 4.78 is 38.1. The van der Waals surface area contributed by atoms with Gasteiger partial charge < -0.3 is 19.7 Å². The zero-order valence-corrected chi connectivity index (χ0v) is 19.4. The third kappa shape index (κ3) is 4.98. The second-order valence-electron chi connectivity index (χ2n) is 8.55. The van der Waals surface area contributed by atoms with Crippen LogP contribution in [-0.4, -0.2) is 74.8 Å². The maximum atomic E-state index is 13.1. The molecule has 1 unspecified atom stereocenters. The summed E-state index contributed by atoms with van der Waals surface area (Å²) in [5.41, 5.74) is 0.332. The minimum absolute atomic E-state index is 0.0188. The van der Waals surface area contributed by atoms with Gasteiger partial charge in [0.1, 0.15) is 5.75 Å². The van der Waals surface area contributed by atoms with Crippen LogP contribution in [0.15, 0.2) is 23.1 Å². The molecule has 11 heteroatoms. The molecule has 0 spiro atoms. The van der Waals surface area contributed by atoms with Crippen molar-refractivity contribution in [3.05, 3.63) is 18.2 Å². The van der Waals surface area contributed by atoms with Gasteiger partial charge in [0, 0.05) is 32.1 Å². The first-order valence-electron chi connectivity index (χ1n) is 11.3. The molecule has 2 amide bonds. The first-order valence-corrected chi connectivity index (χ1v) is 12.8. The van der Waals surface area contributed by atoms with E-state index in [1.807, 2.05) is 0 Å². The number of nitrogens with zero attached hydrogens (tertiary/aromatic N) is 2. The predicted octanol–water partition coefficient (Wildman–Crippen LogP) is 1.22. The first kappa shape index (κ1) is 23.5. The molecule has 0 saturated carbocycles. The van der Waals surface area contributed by atoms with E-state index in [4.69, 9.17) is 9.47 Å². The number of amides is 2. The number of anilines is 1. The molecule has 0 aromatic heterocycles. The Balaban J connectivity index is 1.37. The van der Waals surface area contributed by atoms with Gasteiger partial charge in [0.25, 0.3) is 5.91 Å². The van der Waals surface area contributed by atoms with Crippen molar-refractivity contribution >= 4 is 33.5 Å². The molecule has 3 heterocycles. The molecule has 0 radical (unpaired) electrons. The molecule has 0 aliphatic carbocycles. The van der Waals surface area contributed by atoms with Crippen LogP contribution in [0.25, 0.3) is 0 Å². The molecule has 3 aliphatic heterocycles. The smallest absolute Gasteiger partial charge is 0.310 e. The summed E-state index contributed by atoms with van der Waals surface area (Å²) in [6.45, 7) is 3.41. The van der Waals surface area contributed by atoms with E-state index in [0.717, 1.165) is 6.42 Å². The van der Waals surface area contributed by atoms with Crippen molar-refractivity contribution in [3.8, 4) is 5.75 Å². The minimum atomic E-state index is -3.77. The highest BCUT2D eigenvalue weighted by Gasteiger charge is 2.36. The highest BCUT2D eigenvalue weighted by molar-refractivity contribution is 7.89. The largest absolute Gasteiger partial charge is 0.482 e. The monoisotopic (exact) mass is 479 g/mol. The number of sulfonamides is 1. The second-order valence-corrected chi connectivity index (χ2v) is 10.5. The fraction of sp³-hybridized carbons (Fsp3) is 0.591. The highest BCUT2D eigenvalue weighted by atomic mass is 32.2. The Labute approximate surface area is 193 Å². The molecule has 1 N–H and O–H groups in total. The minimum Gasteiger partial charge on any atom is -0.482 e. The van der Waals surface area contributed by atoms with Crippen LogP contribution in [0.5, 0.6) is 5.75 Å². The lowest BCUT2D eigenvalue weighted by molar-refractivity contribution is -0.152. The number of piperidine rings is 2. The second kappa shape index (κ2) is 9.68. The Morgan fingerprint density at radius 1 is 1.15 bits per heavy atom. The van der Waals surface area contributed by atoms with E-state index in [1.165, 1.54) is 22.5 Å². The lowest BCUT2D eigenvalue weighted by atomic mass is 9.93. The predicted molar refractivity (Wildman–Crippen MR) is 118 cm³/mol. The molecule has 180 valence electrons. The summed E-state index contributed by atoms with van der Waals surface area (Å²) in [7, 11) is -3.77. The highest BCUT2D eigenvalue weighted by Crippen LogP contribution is 2.33. The number of hydrogen-bond donors (Lipinski definition) is 1. The molecule has 1 aromatic rings. The number of likely N-dealkylation sites (tertiary alicyclic amines) is 1. The maximum absolute atomic E-state index is 13.1. The van der Waals surface area contributed by atoms with Crippen LogP contribution >= 0.6 is 0 Å². The van der Waals surface area contributed by atoms with Crippen LogP contribution < -0.4 is 10.1 Å². The molecule has 2 saturated heterocycles. The Kier molecular flexibility index (Phi) is 6.89. The number of fused-ring (bicyclic) bond motifs is 1. The van der Waals surface area contributed by atoms with Gasteiger partial charge in [0.05, 0.1) is 23.1 Å². The summed E-state index contributed by atoms with van der Waals surface area (Å²) in [5.74, 6) is -0.748. The number of rotatable bonds is 5. The lowest BCUT2D eigenvalue weighted by Gasteiger charge is -2.37. The van der Waals surface area contributed by atoms with Crippen molar-refractivity contribution in [1.29, 1.82) is 0 Å². The SMILES string of the molecule is CCOC(=O)C1CCCN(C(=O)C2CCN(S(=O)(=O)c3ccc4c(c3)NC(=O)CO4)CC2)C1. The van der Waals surface area contributed by atoms with Crippen LogP contribution in [0.2, 0.25) is 0 Å². The lowest BCUT2D eigenvalue weighted by Crippen LogP contribution is -2.48. The Bertz CT molecular complexity index is 1030. The average molecular weight is 480 g/mol. The van der Waals surface area contributed by atoms with Gasteiger partial charge in [-0.15, -0.1) is 0 Å². The van der Waals surface area contributed by atoms with E-state index < -0.39 is 10.0 Å². The topological polar surface area (TPSA) is 122 Å². The van der Waals surface area contributed by atoms with E-state index in [9.17, 15) is 22.8 Å². The van der Waals surface area contributed by atoms with E-state index in [1.54, 1.807) is 11.8 Å². The molecule has 0 bridgehead atoms. The van der Waals surface area contributed by atoms with Gasteiger partial charge in [-0.3, -0.25) is 14.4 Å². The quantitative estimate of drug-likeness (QED) is 0.630. The number of nitrogens with one attached hydrogen (secondary N) is 1. The van der Waals surface area contributed by atoms with Crippen LogP contribution in [0.4, 0.5) is 5.69 Å². The number of hydrogen-bond acceptors (Lipinski definition) is 7. The molecule has 2 fully saturated rings. The third-order valence-electron chi connectivity index (χ3n) is 6.38. The van der Waals surface area contributed by atoms with Crippen molar-refractivity contribution < 1.29 is 32.3 Å². The normalized spacial score (nSPS) is 22.2. The number of carbonyl (C=O) groups is 3. The zero-order valence-electron chi connectivity index (χ0n) is 18.6. The van der Waals surface area contributed by atoms with Crippen molar-refractivity contribution in [2.45, 2.75) is 37.5 Å². The van der Waals surface area contributed by atoms with Gasteiger partial charge >= 0.3 is 5.97 Å². The molecule has 1 aromatic carbocycles. The van der Waals surface area contributed by atoms with Crippen molar-refractivity contribution in [2.24, 2.45) is 11.8 Å². The number of ether oxygens (including phenoxy) is 2. The summed E-state index contributed by atoms with van der Waals surface area (Å²) in [5, 5.41) is 2.62. The van der Waals surface area contributed by atoms with Gasteiger partial charge in [-0.25, -0.2) is 8.42 Å². The van der Waals surface area contributed by atoms with Crippen molar-refractivity contribution in [2.75, 3.05) is 44.7 Å². The van der Waals surface area contributed by atoms with E-state index in [0.29, 0.717) is 50.4 Å². The third-order valence-corrected chi connectivity index (χ3v) is 8.27. The van der Waals surface area contributed by atoms with Gasteiger partial charge in [-0.05, 0) is 50.8 Å². The molecule has 3 aliphatic rings. The van der Waals surface area contributed by atoms with Crippen LogP contribution in [0.1, 0.15) is 32.6 Å². The summed E-state index contributed by atoms with van der Waals surface area (Å²) in [6.07, 6.45) is 2.31. The van der Waals surface area contributed by atoms with Gasteiger partial charge in [-0.2, -0.15) is 4.31 Å². The van der Waals surface area contributed by atoms with Gasteiger partial charge in [0.15, 0.2) is 6.61 Å². The summed E-state index contributed by atoms with van der Waals surface area (Å²) in [6, 6.07) is 4.41. The molecular weight excluding hydrogens is 450 g/mol. The molecular formula is C22H29N3O7S.